The molecular weight excluding hydrogens is 230 g/mol. The first-order chi connectivity index (χ1) is 8.81. The predicted molar refractivity (Wildman–Crippen MR) is 68.0 cm³/mol. The Hall–Kier alpha value is -2.11. The Kier molecular flexibility index (Phi) is 2.84. The van der Waals surface area contributed by atoms with Gasteiger partial charge in [-0.3, -0.25) is 0 Å². The lowest BCUT2D eigenvalue weighted by Gasteiger charge is -2.15. The maximum atomic E-state index is 5.00. The minimum absolute atomic E-state index is 0.665. The average molecular weight is 245 g/mol. The molecule has 0 spiro atoms. The van der Waals surface area contributed by atoms with Crippen LogP contribution in [0.15, 0.2) is 22.9 Å². The molecule has 3 heterocycles. The quantitative estimate of drug-likeness (QED) is 0.893. The highest BCUT2D eigenvalue weighted by atomic mass is 16.5. The van der Waals surface area contributed by atoms with E-state index >= 15 is 0 Å². The van der Waals surface area contributed by atoms with Gasteiger partial charge in [-0.1, -0.05) is 5.16 Å². The Morgan fingerprint density at radius 3 is 2.83 bits per heavy atom. The highest BCUT2D eigenvalue weighted by Gasteiger charge is 2.15. The van der Waals surface area contributed by atoms with Crippen LogP contribution in [0.25, 0.3) is 0 Å². The third kappa shape index (κ3) is 2.27. The third-order valence-electron chi connectivity index (χ3n) is 2.92. The molecule has 1 aliphatic rings. The van der Waals surface area contributed by atoms with Crippen LogP contribution in [0.1, 0.15) is 18.6 Å². The number of nitrogens with zero attached hydrogens (tertiary/aromatic N) is 4. The third-order valence-corrected chi connectivity index (χ3v) is 2.92. The Morgan fingerprint density at radius 2 is 2.11 bits per heavy atom. The van der Waals surface area contributed by atoms with Gasteiger partial charge in [0.15, 0.2) is 5.82 Å². The molecule has 0 aromatic carbocycles. The highest BCUT2D eigenvalue weighted by molar-refractivity contribution is 5.52. The first-order valence-electron chi connectivity index (χ1n) is 6.09. The van der Waals surface area contributed by atoms with E-state index in [9.17, 15) is 0 Å². The van der Waals surface area contributed by atoms with Crippen molar-refractivity contribution < 1.29 is 4.52 Å². The number of nitrogens with one attached hydrogen (secondary N) is 1. The second kappa shape index (κ2) is 4.64. The molecule has 0 atom stereocenters. The zero-order chi connectivity index (χ0) is 12.4. The van der Waals surface area contributed by atoms with E-state index in [2.05, 4.69) is 25.3 Å². The molecule has 1 N–H and O–H groups in total. The second-order valence-corrected chi connectivity index (χ2v) is 4.38. The van der Waals surface area contributed by atoms with Crippen molar-refractivity contribution in [3.05, 3.63) is 24.1 Å². The van der Waals surface area contributed by atoms with Crippen molar-refractivity contribution in [3.8, 4) is 0 Å². The van der Waals surface area contributed by atoms with Crippen LogP contribution >= 0.6 is 0 Å². The van der Waals surface area contributed by atoms with Crippen molar-refractivity contribution in [2.45, 2.75) is 19.8 Å². The van der Waals surface area contributed by atoms with E-state index < -0.39 is 0 Å². The molecule has 1 aliphatic heterocycles. The van der Waals surface area contributed by atoms with Gasteiger partial charge in [-0.15, -0.1) is 0 Å². The summed E-state index contributed by atoms with van der Waals surface area (Å²) in [6.45, 7) is 3.92. The molecule has 1 saturated heterocycles. The summed E-state index contributed by atoms with van der Waals surface area (Å²) in [5.41, 5.74) is 0. The van der Waals surface area contributed by atoms with Gasteiger partial charge in [-0.25, -0.2) is 4.98 Å². The standard InChI is InChI=1S/C12H15N5O/c1-9-8-11(16-18-9)14-10-4-5-13-12(15-10)17-6-2-3-7-17/h4-5,8H,2-3,6-7H2,1H3,(H,13,14,15,16). The Balaban J connectivity index is 1.78. The average Bonchev–Trinajstić information content (AvgIpc) is 3.01. The highest BCUT2D eigenvalue weighted by Crippen LogP contribution is 2.19. The normalized spacial score (nSPS) is 15.1. The number of rotatable bonds is 3. The van der Waals surface area contributed by atoms with Crippen LogP contribution in [-0.2, 0) is 0 Å². The molecule has 18 heavy (non-hydrogen) atoms. The summed E-state index contributed by atoms with van der Waals surface area (Å²) in [6.07, 6.45) is 4.18. The van der Waals surface area contributed by atoms with E-state index in [1.54, 1.807) is 6.20 Å². The van der Waals surface area contributed by atoms with E-state index in [0.717, 1.165) is 30.6 Å². The fourth-order valence-electron chi connectivity index (χ4n) is 2.04. The van der Waals surface area contributed by atoms with E-state index in [0.29, 0.717) is 5.82 Å². The Morgan fingerprint density at radius 1 is 1.28 bits per heavy atom. The molecule has 2 aromatic rings. The molecule has 0 saturated carbocycles. The van der Waals surface area contributed by atoms with Gasteiger partial charge in [0.1, 0.15) is 11.6 Å². The first-order valence-corrected chi connectivity index (χ1v) is 6.09. The molecule has 0 amide bonds. The van der Waals surface area contributed by atoms with Crippen molar-refractivity contribution >= 4 is 17.6 Å². The summed E-state index contributed by atoms with van der Waals surface area (Å²) < 4.78 is 5.00. The molecule has 0 bridgehead atoms. The van der Waals surface area contributed by atoms with Crippen LogP contribution < -0.4 is 10.2 Å². The molecule has 6 heteroatoms. The van der Waals surface area contributed by atoms with E-state index in [1.165, 1.54) is 12.8 Å². The minimum atomic E-state index is 0.665. The van der Waals surface area contributed by atoms with Crippen LogP contribution in [-0.4, -0.2) is 28.2 Å². The van der Waals surface area contributed by atoms with Gasteiger partial charge in [0, 0.05) is 25.4 Å². The zero-order valence-electron chi connectivity index (χ0n) is 10.3. The Bertz CT molecular complexity index is 533. The first kappa shape index (κ1) is 11.0. The largest absolute Gasteiger partial charge is 0.360 e. The topological polar surface area (TPSA) is 67.1 Å². The smallest absolute Gasteiger partial charge is 0.227 e. The summed E-state index contributed by atoms with van der Waals surface area (Å²) >= 11 is 0. The van der Waals surface area contributed by atoms with Crippen LogP contribution in [0.5, 0.6) is 0 Å². The van der Waals surface area contributed by atoms with E-state index in [1.807, 2.05) is 19.1 Å². The molecule has 0 radical (unpaired) electrons. The second-order valence-electron chi connectivity index (χ2n) is 4.38. The maximum absolute atomic E-state index is 5.00. The van der Waals surface area contributed by atoms with Crippen LogP contribution in [0, 0.1) is 6.92 Å². The molecule has 1 fully saturated rings. The molecule has 3 rings (SSSR count). The van der Waals surface area contributed by atoms with Gasteiger partial charge in [0.2, 0.25) is 5.95 Å². The van der Waals surface area contributed by atoms with Gasteiger partial charge in [-0.05, 0) is 25.8 Å². The fourth-order valence-corrected chi connectivity index (χ4v) is 2.04. The lowest BCUT2D eigenvalue weighted by Crippen LogP contribution is -2.20. The van der Waals surface area contributed by atoms with Crippen molar-refractivity contribution in [3.63, 3.8) is 0 Å². The van der Waals surface area contributed by atoms with Crippen molar-refractivity contribution in [2.75, 3.05) is 23.3 Å². The molecular formula is C12H15N5O. The fraction of sp³-hybridized carbons (Fsp3) is 0.417. The van der Waals surface area contributed by atoms with Gasteiger partial charge in [0.25, 0.3) is 0 Å². The molecule has 0 aliphatic carbocycles. The molecule has 0 unspecified atom stereocenters. The predicted octanol–water partition coefficient (Wildman–Crippen LogP) is 2.12. The lowest BCUT2D eigenvalue weighted by atomic mass is 10.4. The number of aryl methyl sites for hydroxylation is 1. The maximum Gasteiger partial charge on any atom is 0.227 e. The Labute approximate surface area is 105 Å². The molecule has 6 nitrogen and oxygen atoms in total. The van der Waals surface area contributed by atoms with Crippen molar-refractivity contribution in [1.82, 2.24) is 15.1 Å². The number of aromatic nitrogens is 3. The summed E-state index contributed by atoms with van der Waals surface area (Å²) in [5, 5.41) is 6.98. The number of hydrogen-bond acceptors (Lipinski definition) is 6. The van der Waals surface area contributed by atoms with Crippen LogP contribution in [0.3, 0.4) is 0 Å². The van der Waals surface area contributed by atoms with Gasteiger partial charge in [-0.2, -0.15) is 4.98 Å². The SMILES string of the molecule is Cc1cc(Nc2ccnc(N3CCCC3)n2)no1. The summed E-state index contributed by atoms with van der Waals surface area (Å²) in [5.74, 6) is 2.95. The molecule has 94 valence electrons. The van der Waals surface area contributed by atoms with Crippen LogP contribution in [0.2, 0.25) is 0 Å². The molecule has 2 aromatic heterocycles. The minimum Gasteiger partial charge on any atom is -0.360 e. The van der Waals surface area contributed by atoms with Gasteiger partial charge >= 0.3 is 0 Å². The number of anilines is 3. The van der Waals surface area contributed by atoms with E-state index in [-0.39, 0.29) is 0 Å². The zero-order valence-corrected chi connectivity index (χ0v) is 10.3. The van der Waals surface area contributed by atoms with Crippen LogP contribution in [0.4, 0.5) is 17.6 Å². The number of hydrogen-bond donors (Lipinski definition) is 1. The van der Waals surface area contributed by atoms with E-state index in [4.69, 9.17) is 4.52 Å². The monoisotopic (exact) mass is 245 g/mol. The van der Waals surface area contributed by atoms with Crippen molar-refractivity contribution in [1.29, 1.82) is 0 Å². The van der Waals surface area contributed by atoms with Gasteiger partial charge in [0.05, 0.1) is 0 Å². The lowest BCUT2D eigenvalue weighted by molar-refractivity contribution is 0.400. The van der Waals surface area contributed by atoms with Crippen molar-refractivity contribution in [2.24, 2.45) is 0 Å². The van der Waals surface area contributed by atoms with Gasteiger partial charge < -0.3 is 14.7 Å². The summed E-state index contributed by atoms with van der Waals surface area (Å²) in [6, 6.07) is 3.65. The summed E-state index contributed by atoms with van der Waals surface area (Å²) in [7, 11) is 0. The summed E-state index contributed by atoms with van der Waals surface area (Å²) in [4.78, 5) is 11.0.